The van der Waals surface area contributed by atoms with Gasteiger partial charge >= 0.3 is 0 Å². The van der Waals surface area contributed by atoms with E-state index in [-0.39, 0.29) is 0 Å². The zero-order valence-electron chi connectivity index (χ0n) is 15.1. The summed E-state index contributed by atoms with van der Waals surface area (Å²) in [6.45, 7) is 0. The van der Waals surface area contributed by atoms with Gasteiger partial charge in [0.15, 0.2) is 0 Å². The van der Waals surface area contributed by atoms with Gasteiger partial charge in [0, 0.05) is 55.1 Å². The summed E-state index contributed by atoms with van der Waals surface area (Å²) in [6.07, 6.45) is 0. The number of para-hydroxylation sites is 2. The minimum Gasteiger partial charge on any atom is -0.398 e. The number of nitrogens with one attached hydrogen (secondary N) is 2. The van der Waals surface area contributed by atoms with Crippen LogP contribution in [-0.4, -0.2) is 9.97 Å². The number of hydrogen-bond donors (Lipinski definition) is 4. The van der Waals surface area contributed by atoms with Crippen LogP contribution >= 0.6 is 0 Å². The number of fused-ring (bicyclic) bond motifs is 6. The molecule has 6 rings (SSSR count). The van der Waals surface area contributed by atoms with Crippen molar-refractivity contribution in [1.82, 2.24) is 9.97 Å². The normalized spacial score (nSPS) is 11.9. The Balaban J connectivity index is 1.82. The Kier molecular flexibility index (Phi) is 2.87. The maximum Gasteiger partial charge on any atom is 0.0567 e. The van der Waals surface area contributed by atoms with Crippen LogP contribution < -0.4 is 11.5 Å². The topological polar surface area (TPSA) is 83.6 Å². The molecule has 134 valence electrons. The van der Waals surface area contributed by atoms with Gasteiger partial charge in [-0.25, -0.2) is 0 Å². The zero-order chi connectivity index (χ0) is 18.8. The van der Waals surface area contributed by atoms with Crippen molar-refractivity contribution in [3.05, 3.63) is 72.8 Å². The highest BCUT2D eigenvalue weighted by Gasteiger charge is 2.19. The Bertz CT molecular complexity index is 1420. The zero-order valence-corrected chi connectivity index (χ0v) is 15.1. The average molecular weight is 362 g/mol. The van der Waals surface area contributed by atoms with Gasteiger partial charge in [0.25, 0.3) is 0 Å². The Morgan fingerprint density at radius 1 is 0.464 bits per heavy atom. The third-order valence-corrected chi connectivity index (χ3v) is 5.68. The largest absolute Gasteiger partial charge is 0.398 e. The fourth-order valence-electron chi connectivity index (χ4n) is 4.41. The number of aromatic amines is 2. The fraction of sp³-hybridized carbons (Fsp3) is 0. The van der Waals surface area contributed by atoms with Gasteiger partial charge in [0.05, 0.1) is 11.0 Å². The second-order valence-electron chi connectivity index (χ2n) is 7.25. The first-order chi connectivity index (χ1) is 13.7. The van der Waals surface area contributed by atoms with Crippen LogP contribution in [0.3, 0.4) is 0 Å². The molecule has 0 aliphatic heterocycles. The van der Waals surface area contributed by atoms with Gasteiger partial charge in [-0.15, -0.1) is 0 Å². The van der Waals surface area contributed by atoms with Crippen molar-refractivity contribution in [3.8, 4) is 11.1 Å². The number of nitrogens with two attached hydrogens (primary N) is 2. The van der Waals surface area contributed by atoms with Crippen molar-refractivity contribution >= 4 is 55.0 Å². The lowest BCUT2D eigenvalue weighted by molar-refractivity contribution is 1.51. The molecular formula is C24H18N4. The summed E-state index contributed by atoms with van der Waals surface area (Å²) in [7, 11) is 0. The van der Waals surface area contributed by atoms with Crippen molar-refractivity contribution in [2.45, 2.75) is 0 Å². The van der Waals surface area contributed by atoms with E-state index in [0.29, 0.717) is 11.4 Å². The predicted octanol–water partition coefficient (Wildman–Crippen LogP) is 5.79. The van der Waals surface area contributed by atoms with E-state index in [2.05, 4.69) is 58.5 Å². The molecule has 28 heavy (non-hydrogen) atoms. The van der Waals surface area contributed by atoms with Crippen LogP contribution in [0.25, 0.3) is 54.7 Å². The molecule has 0 aliphatic carbocycles. The van der Waals surface area contributed by atoms with E-state index in [1.165, 1.54) is 10.8 Å². The number of aromatic nitrogens is 2. The van der Waals surface area contributed by atoms with E-state index < -0.39 is 0 Å². The van der Waals surface area contributed by atoms with Gasteiger partial charge in [-0.05, 0) is 24.3 Å². The molecule has 4 heteroatoms. The van der Waals surface area contributed by atoms with Gasteiger partial charge in [0.1, 0.15) is 0 Å². The molecule has 0 spiro atoms. The van der Waals surface area contributed by atoms with Crippen LogP contribution in [0.15, 0.2) is 72.8 Å². The summed E-state index contributed by atoms with van der Waals surface area (Å²) in [5.74, 6) is 0. The second-order valence-corrected chi connectivity index (χ2v) is 7.25. The number of anilines is 2. The molecule has 2 aromatic heterocycles. The van der Waals surface area contributed by atoms with Crippen LogP contribution in [0.5, 0.6) is 0 Å². The molecule has 0 bridgehead atoms. The first kappa shape index (κ1) is 15.2. The molecule has 2 heterocycles. The monoisotopic (exact) mass is 362 g/mol. The van der Waals surface area contributed by atoms with Crippen molar-refractivity contribution in [2.24, 2.45) is 0 Å². The summed E-state index contributed by atoms with van der Waals surface area (Å²) >= 11 is 0. The number of rotatable bonds is 1. The van der Waals surface area contributed by atoms with E-state index in [1.54, 1.807) is 0 Å². The average Bonchev–Trinajstić information content (AvgIpc) is 3.27. The van der Waals surface area contributed by atoms with Crippen LogP contribution in [0, 0.1) is 0 Å². The van der Waals surface area contributed by atoms with Crippen LogP contribution in [0.2, 0.25) is 0 Å². The minimum atomic E-state index is 0.705. The minimum absolute atomic E-state index is 0.705. The van der Waals surface area contributed by atoms with E-state index >= 15 is 0 Å². The Morgan fingerprint density at radius 2 is 0.893 bits per heavy atom. The summed E-state index contributed by atoms with van der Waals surface area (Å²) in [5, 5.41) is 4.65. The SMILES string of the molecule is Nc1ccc2c([nH]c3ccccc32)c1-c1c(N)ccc2c1[nH]c1ccccc12. The highest BCUT2D eigenvalue weighted by molar-refractivity contribution is 6.20. The molecule has 0 aliphatic rings. The number of hydrogen-bond acceptors (Lipinski definition) is 2. The van der Waals surface area contributed by atoms with Crippen molar-refractivity contribution in [2.75, 3.05) is 11.5 Å². The fourth-order valence-corrected chi connectivity index (χ4v) is 4.41. The molecule has 0 amide bonds. The quantitative estimate of drug-likeness (QED) is 0.279. The Morgan fingerprint density at radius 3 is 1.36 bits per heavy atom. The molecule has 0 unspecified atom stereocenters. The number of benzene rings is 4. The summed E-state index contributed by atoms with van der Waals surface area (Å²) in [5.41, 5.74) is 20.5. The van der Waals surface area contributed by atoms with E-state index in [4.69, 9.17) is 11.5 Å². The van der Waals surface area contributed by atoms with Gasteiger partial charge in [0.2, 0.25) is 0 Å². The van der Waals surface area contributed by atoms with Crippen molar-refractivity contribution in [1.29, 1.82) is 0 Å². The van der Waals surface area contributed by atoms with E-state index in [9.17, 15) is 0 Å². The number of H-pyrrole nitrogens is 2. The summed E-state index contributed by atoms with van der Waals surface area (Å²) < 4.78 is 0. The highest BCUT2D eigenvalue weighted by Crippen LogP contribution is 2.43. The third kappa shape index (κ3) is 1.89. The van der Waals surface area contributed by atoms with Crippen LogP contribution in [0.4, 0.5) is 11.4 Å². The molecule has 0 radical (unpaired) electrons. The predicted molar refractivity (Wildman–Crippen MR) is 119 cm³/mol. The first-order valence-electron chi connectivity index (χ1n) is 9.30. The van der Waals surface area contributed by atoms with Gasteiger partial charge < -0.3 is 21.4 Å². The first-order valence-corrected chi connectivity index (χ1v) is 9.30. The lowest BCUT2D eigenvalue weighted by Gasteiger charge is -2.12. The third-order valence-electron chi connectivity index (χ3n) is 5.68. The summed E-state index contributed by atoms with van der Waals surface area (Å²) in [4.78, 5) is 7.12. The van der Waals surface area contributed by atoms with Gasteiger partial charge in [-0.1, -0.05) is 48.5 Å². The lowest BCUT2D eigenvalue weighted by atomic mass is 9.96. The van der Waals surface area contributed by atoms with Gasteiger partial charge in [-0.3, -0.25) is 0 Å². The molecule has 4 aromatic carbocycles. The molecule has 6 aromatic rings. The second kappa shape index (κ2) is 5.30. The summed E-state index contributed by atoms with van der Waals surface area (Å²) in [6, 6.07) is 24.7. The van der Waals surface area contributed by atoms with Crippen molar-refractivity contribution in [3.63, 3.8) is 0 Å². The molecule has 6 N–H and O–H groups in total. The molecule has 0 fully saturated rings. The molecular weight excluding hydrogens is 344 g/mol. The smallest absolute Gasteiger partial charge is 0.0567 e. The molecule has 0 saturated carbocycles. The van der Waals surface area contributed by atoms with Gasteiger partial charge in [-0.2, -0.15) is 0 Å². The van der Waals surface area contributed by atoms with E-state index in [1.807, 2.05) is 24.3 Å². The maximum atomic E-state index is 6.51. The maximum absolute atomic E-state index is 6.51. The van der Waals surface area contributed by atoms with Crippen molar-refractivity contribution < 1.29 is 0 Å². The van der Waals surface area contributed by atoms with E-state index in [0.717, 1.165) is 44.0 Å². The van der Waals surface area contributed by atoms with Crippen LogP contribution in [-0.2, 0) is 0 Å². The van der Waals surface area contributed by atoms with Crippen LogP contribution in [0.1, 0.15) is 0 Å². The Labute approximate surface area is 160 Å². The number of nitrogen functional groups attached to an aromatic ring is 2. The lowest BCUT2D eigenvalue weighted by Crippen LogP contribution is -1.96. The highest BCUT2D eigenvalue weighted by atomic mass is 14.7. The molecule has 4 nitrogen and oxygen atoms in total. The molecule has 0 saturated heterocycles. The molecule has 0 atom stereocenters. The standard InChI is InChI=1S/C24H18N4/c25-17-11-9-15-13-5-1-3-7-19(13)27-23(15)21(17)22-18(26)12-10-16-14-6-2-4-8-20(14)28-24(16)22/h1-12,27-28H,25-26H2. The Hall–Kier alpha value is -3.92.